The lowest BCUT2D eigenvalue weighted by atomic mass is 9.98. The average Bonchev–Trinajstić information content (AvgIpc) is 3.63. The van der Waals surface area contributed by atoms with Crippen molar-refractivity contribution in [1.82, 2.24) is 40.5 Å². The molecule has 16 nitrogen and oxygen atoms in total. The Balaban J connectivity index is 1.48. The maximum absolute atomic E-state index is 13.6. The van der Waals surface area contributed by atoms with Crippen molar-refractivity contribution >= 4 is 33.8 Å². The Kier molecular flexibility index (Phi) is 9.49. The summed E-state index contributed by atoms with van der Waals surface area (Å²) in [6.45, 7) is 1.36. The molecule has 2 atom stereocenters. The third-order valence-corrected chi connectivity index (χ3v) is 8.53. The summed E-state index contributed by atoms with van der Waals surface area (Å²) in [5, 5.41) is 33.1. The number of carbonyl (C=O) groups excluding carboxylic acids is 2. The minimum Gasteiger partial charge on any atom is -0.481 e. The van der Waals surface area contributed by atoms with E-state index in [4.69, 9.17) is 16.2 Å². The first-order chi connectivity index (χ1) is 19.5. The maximum Gasteiger partial charge on any atom is 0.305 e. The van der Waals surface area contributed by atoms with Crippen LogP contribution in [0.5, 0.6) is 0 Å². The number of amides is 2. The summed E-state index contributed by atoms with van der Waals surface area (Å²) < 4.78 is 29.0. The Labute approximate surface area is 236 Å². The van der Waals surface area contributed by atoms with Crippen LogP contribution < -0.4 is 15.8 Å². The number of hydrogen-bond donors (Lipinski definition) is 6. The third kappa shape index (κ3) is 8.20. The number of hydrogen-bond acceptors (Lipinski definition) is 9. The number of piperidine rings is 1. The number of tetrazole rings is 1. The summed E-state index contributed by atoms with van der Waals surface area (Å²) in [5.41, 5.74) is 6.11. The molecule has 2 fully saturated rings. The highest BCUT2D eigenvalue weighted by Gasteiger charge is 2.38. The number of nitrogens with one attached hydrogen (secondary N) is 4. The summed E-state index contributed by atoms with van der Waals surface area (Å²) in [4.78, 5) is 40.7. The second kappa shape index (κ2) is 13.0. The number of guanidine groups is 1. The van der Waals surface area contributed by atoms with Gasteiger partial charge in [-0.15, -0.1) is 10.2 Å². The molecule has 17 heteroatoms. The minimum atomic E-state index is -4.26. The molecule has 2 heterocycles. The van der Waals surface area contributed by atoms with Gasteiger partial charge in [0.15, 0.2) is 5.96 Å². The Hall–Kier alpha value is -4.12. The average molecular weight is 591 g/mol. The van der Waals surface area contributed by atoms with Crippen molar-refractivity contribution in [1.29, 1.82) is 5.41 Å². The van der Waals surface area contributed by atoms with E-state index >= 15 is 0 Å². The van der Waals surface area contributed by atoms with E-state index in [9.17, 15) is 22.8 Å². The molecule has 0 unspecified atom stereocenters. The normalized spacial score (nSPS) is 18.0. The number of aliphatic carboxylic acids is 1. The Morgan fingerprint density at radius 1 is 1.22 bits per heavy atom. The van der Waals surface area contributed by atoms with E-state index in [1.807, 2.05) is 0 Å². The molecule has 1 saturated carbocycles. The second-order valence-electron chi connectivity index (χ2n) is 10.2. The molecule has 41 heavy (non-hydrogen) atoms. The largest absolute Gasteiger partial charge is 0.481 e. The molecule has 0 radical (unpaired) electrons. The van der Waals surface area contributed by atoms with Crippen LogP contribution >= 0.6 is 0 Å². The van der Waals surface area contributed by atoms with Crippen LogP contribution in [0.4, 0.5) is 0 Å². The van der Waals surface area contributed by atoms with Crippen LogP contribution in [0, 0.1) is 11.3 Å². The summed E-state index contributed by atoms with van der Waals surface area (Å²) >= 11 is 0. The lowest BCUT2D eigenvalue weighted by Gasteiger charge is -2.33. The van der Waals surface area contributed by atoms with Gasteiger partial charge in [-0.3, -0.25) is 19.8 Å². The highest BCUT2D eigenvalue weighted by Crippen LogP contribution is 2.28. The molecule has 2 amide bonds. The van der Waals surface area contributed by atoms with E-state index < -0.39 is 40.3 Å². The SMILES string of the molecule is N=C(N)N1CCC[C@@H](CNC(=O)C[C@H](NS(=O)(=O)c2ccc(-c3nn[nH]n3)cc2)C(=O)N(CCC(=O)O)C2CC2)C1. The number of rotatable bonds is 13. The van der Waals surface area contributed by atoms with Gasteiger partial charge in [0.05, 0.1) is 17.7 Å². The summed E-state index contributed by atoms with van der Waals surface area (Å²) in [7, 11) is -4.26. The number of sulfonamides is 1. The lowest BCUT2D eigenvalue weighted by Crippen LogP contribution is -2.52. The molecule has 4 rings (SSSR count). The van der Waals surface area contributed by atoms with Crippen molar-refractivity contribution in [3.63, 3.8) is 0 Å². The van der Waals surface area contributed by atoms with Gasteiger partial charge in [-0.1, -0.05) is 0 Å². The van der Waals surface area contributed by atoms with E-state index in [0.29, 0.717) is 31.5 Å². The summed E-state index contributed by atoms with van der Waals surface area (Å²) in [5.74, 6) is -2.00. The smallest absolute Gasteiger partial charge is 0.305 e. The molecule has 0 spiro atoms. The molecule has 1 aromatic heterocycles. The van der Waals surface area contributed by atoms with Crippen molar-refractivity contribution < 1.29 is 27.9 Å². The number of nitrogens with zero attached hydrogens (tertiary/aromatic N) is 5. The van der Waals surface area contributed by atoms with Crippen LogP contribution in [0.1, 0.15) is 38.5 Å². The van der Waals surface area contributed by atoms with Gasteiger partial charge in [-0.05, 0) is 61.1 Å². The van der Waals surface area contributed by atoms with Gasteiger partial charge in [0.1, 0.15) is 6.04 Å². The van der Waals surface area contributed by atoms with Gasteiger partial charge in [-0.2, -0.15) is 9.94 Å². The number of aromatic nitrogens is 4. The molecule has 2 aliphatic rings. The van der Waals surface area contributed by atoms with Gasteiger partial charge in [0, 0.05) is 37.8 Å². The molecule has 2 aromatic rings. The van der Waals surface area contributed by atoms with Crippen molar-refractivity contribution in [3.05, 3.63) is 24.3 Å². The first-order valence-electron chi connectivity index (χ1n) is 13.3. The number of aromatic amines is 1. The fourth-order valence-corrected chi connectivity index (χ4v) is 5.93. The van der Waals surface area contributed by atoms with Crippen LogP contribution in [0.3, 0.4) is 0 Å². The highest BCUT2D eigenvalue weighted by atomic mass is 32.2. The zero-order valence-electron chi connectivity index (χ0n) is 22.3. The van der Waals surface area contributed by atoms with Crippen LogP contribution in [0.15, 0.2) is 29.2 Å². The fraction of sp³-hybridized carbons (Fsp3) is 0.542. The summed E-state index contributed by atoms with van der Waals surface area (Å²) in [6, 6.07) is 3.96. The van der Waals surface area contributed by atoms with Crippen molar-refractivity contribution in [2.45, 2.75) is 55.5 Å². The van der Waals surface area contributed by atoms with E-state index in [1.54, 1.807) is 4.90 Å². The van der Waals surface area contributed by atoms with Crippen LogP contribution in [-0.4, -0.2) is 106 Å². The number of carboxylic acids is 1. The third-order valence-electron chi connectivity index (χ3n) is 7.04. The number of likely N-dealkylation sites (tertiary alicyclic amines) is 1. The highest BCUT2D eigenvalue weighted by molar-refractivity contribution is 7.89. The van der Waals surface area contributed by atoms with E-state index in [0.717, 1.165) is 12.8 Å². The number of benzene rings is 1. The van der Waals surface area contributed by atoms with E-state index in [-0.39, 0.29) is 48.1 Å². The lowest BCUT2D eigenvalue weighted by molar-refractivity contribution is -0.140. The van der Waals surface area contributed by atoms with E-state index in [2.05, 4.69) is 30.7 Å². The molecule has 1 aliphatic carbocycles. The predicted octanol–water partition coefficient (Wildman–Crippen LogP) is -0.909. The van der Waals surface area contributed by atoms with Gasteiger partial charge in [0.25, 0.3) is 0 Å². The van der Waals surface area contributed by atoms with Gasteiger partial charge < -0.3 is 26.0 Å². The number of carbonyl (C=O) groups is 3. The second-order valence-corrected chi connectivity index (χ2v) is 11.9. The molecular formula is C24H34N10O6S. The van der Waals surface area contributed by atoms with Gasteiger partial charge in [0.2, 0.25) is 27.7 Å². The van der Waals surface area contributed by atoms with Crippen LogP contribution in [0.2, 0.25) is 0 Å². The molecule has 1 aromatic carbocycles. The number of nitrogens with two attached hydrogens (primary N) is 1. The quantitative estimate of drug-likeness (QED) is 0.123. The van der Waals surface area contributed by atoms with Gasteiger partial charge in [-0.25, -0.2) is 8.42 Å². The number of H-pyrrole nitrogens is 1. The molecule has 7 N–H and O–H groups in total. The Morgan fingerprint density at radius 2 is 1.95 bits per heavy atom. The maximum atomic E-state index is 13.6. The zero-order chi connectivity index (χ0) is 29.6. The number of carboxylic acid groups (broad SMARTS) is 1. The predicted molar refractivity (Wildman–Crippen MR) is 145 cm³/mol. The Bertz CT molecular complexity index is 1350. The van der Waals surface area contributed by atoms with E-state index in [1.165, 1.54) is 29.2 Å². The molecule has 1 aliphatic heterocycles. The van der Waals surface area contributed by atoms with Crippen molar-refractivity contribution in [3.8, 4) is 11.4 Å². The molecule has 0 bridgehead atoms. The summed E-state index contributed by atoms with van der Waals surface area (Å²) in [6.07, 6.45) is 2.19. The molecule has 222 valence electrons. The molecular weight excluding hydrogens is 556 g/mol. The monoisotopic (exact) mass is 590 g/mol. The first-order valence-corrected chi connectivity index (χ1v) is 14.8. The standard InChI is InChI=1S/C24H34N10O6S/c25-24(26)33-10-1-2-15(14-33)13-27-20(35)12-19(23(38)34(17-5-6-17)11-9-21(36)37)30-41(39,40)18-7-3-16(4-8-18)22-28-31-32-29-22/h3-4,7-8,15,17,19,30H,1-2,5-6,9-14H2,(H3,25,26)(H,27,35)(H,36,37)(H,28,29,31,32)/t15-,19-/m0/s1. The zero-order valence-corrected chi connectivity index (χ0v) is 23.1. The molecule has 1 saturated heterocycles. The van der Waals surface area contributed by atoms with Crippen LogP contribution in [-0.2, 0) is 24.4 Å². The Morgan fingerprint density at radius 3 is 2.56 bits per heavy atom. The van der Waals surface area contributed by atoms with Gasteiger partial charge >= 0.3 is 5.97 Å². The topological polar surface area (TPSA) is 240 Å². The van der Waals surface area contributed by atoms with Crippen molar-refractivity contribution in [2.75, 3.05) is 26.2 Å². The van der Waals surface area contributed by atoms with Crippen LogP contribution in [0.25, 0.3) is 11.4 Å². The first kappa shape index (κ1) is 29.9. The van der Waals surface area contributed by atoms with Crippen molar-refractivity contribution in [2.24, 2.45) is 11.7 Å². The minimum absolute atomic E-state index is 0.0343. The fourth-order valence-electron chi connectivity index (χ4n) is 4.74.